The summed E-state index contributed by atoms with van der Waals surface area (Å²) in [6, 6.07) is 28.0. The van der Waals surface area contributed by atoms with Gasteiger partial charge in [-0.25, -0.2) is 0 Å². The van der Waals surface area contributed by atoms with Gasteiger partial charge in [0.05, 0.1) is 0 Å². The van der Waals surface area contributed by atoms with Gasteiger partial charge in [-0.05, 0) is 23.1 Å². The van der Waals surface area contributed by atoms with Crippen molar-refractivity contribution in [1.82, 2.24) is 4.90 Å². The normalized spacial score (nSPS) is 18.1. The van der Waals surface area contributed by atoms with Crippen LogP contribution >= 0.6 is 0 Å². The highest BCUT2D eigenvalue weighted by Crippen LogP contribution is 2.30. The number of nitrogens with zero attached hydrogens (tertiary/aromatic N) is 1. The third-order valence-electron chi connectivity index (χ3n) is 5.45. The van der Waals surface area contributed by atoms with Gasteiger partial charge >= 0.3 is 11.9 Å². The average molecular weight is 415 g/mol. The average Bonchev–Trinajstić information content (AvgIpc) is 2.81. The zero-order valence-electron chi connectivity index (χ0n) is 17.2. The van der Waals surface area contributed by atoms with E-state index in [2.05, 4.69) is 0 Å². The molecule has 0 aliphatic carbocycles. The molecule has 1 fully saturated rings. The summed E-state index contributed by atoms with van der Waals surface area (Å²) >= 11 is 0. The van der Waals surface area contributed by atoms with Crippen LogP contribution in [0, 0.1) is 0 Å². The molecule has 0 unspecified atom stereocenters. The summed E-state index contributed by atoms with van der Waals surface area (Å²) in [4.78, 5) is 27.3. The molecule has 0 spiro atoms. The second-order valence-corrected chi connectivity index (χ2v) is 7.61. The van der Waals surface area contributed by atoms with Crippen molar-refractivity contribution in [2.45, 2.75) is 38.3 Å². The van der Waals surface area contributed by atoms with Crippen LogP contribution in [0.15, 0.2) is 91.0 Å². The molecule has 2 atom stereocenters. The van der Waals surface area contributed by atoms with Crippen LogP contribution < -0.4 is 0 Å². The summed E-state index contributed by atoms with van der Waals surface area (Å²) in [5.74, 6) is -0.626. The minimum Gasteiger partial charge on any atom is -0.460 e. The fraction of sp³-hybridized carbons (Fsp3) is 0.231. The maximum atomic E-state index is 12.7. The fourth-order valence-corrected chi connectivity index (χ4v) is 3.69. The second kappa shape index (κ2) is 10.0. The van der Waals surface area contributed by atoms with Gasteiger partial charge in [0.2, 0.25) is 0 Å². The summed E-state index contributed by atoms with van der Waals surface area (Å²) in [6.07, 6.45) is 0.397. The molecule has 158 valence electrons. The van der Waals surface area contributed by atoms with Gasteiger partial charge in [0, 0.05) is 6.54 Å². The Morgan fingerprint density at radius 3 is 1.45 bits per heavy atom. The number of hydrogen-bond donors (Lipinski definition) is 0. The molecule has 4 rings (SSSR count). The fourth-order valence-electron chi connectivity index (χ4n) is 3.69. The minimum atomic E-state index is -0.460. The van der Waals surface area contributed by atoms with Crippen LogP contribution in [0.1, 0.15) is 23.1 Å². The largest absolute Gasteiger partial charge is 0.460 e. The van der Waals surface area contributed by atoms with Crippen LogP contribution in [-0.2, 0) is 38.8 Å². The highest BCUT2D eigenvalue weighted by Gasteiger charge is 2.48. The Labute approximate surface area is 182 Å². The van der Waals surface area contributed by atoms with Crippen LogP contribution in [0.2, 0.25) is 0 Å². The second-order valence-electron chi connectivity index (χ2n) is 7.61. The summed E-state index contributed by atoms with van der Waals surface area (Å²) in [5, 5.41) is 0. The number of benzene rings is 3. The van der Waals surface area contributed by atoms with Crippen LogP contribution in [0.4, 0.5) is 0 Å². The van der Waals surface area contributed by atoms with Crippen molar-refractivity contribution < 1.29 is 19.1 Å². The Bertz CT molecular complexity index is 930. The molecule has 3 aromatic carbocycles. The number of ether oxygens (including phenoxy) is 2. The maximum Gasteiger partial charge on any atom is 0.323 e. The Balaban J connectivity index is 1.39. The van der Waals surface area contributed by atoms with Gasteiger partial charge < -0.3 is 9.47 Å². The first kappa shape index (κ1) is 20.8. The highest BCUT2D eigenvalue weighted by molar-refractivity contribution is 5.84. The van der Waals surface area contributed by atoms with E-state index in [-0.39, 0.29) is 25.2 Å². The molecule has 0 aromatic heterocycles. The van der Waals surface area contributed by atoms with Crippen molar-refractivity contribution >= 4 is 11.9 Å². The Hall–Kier alpha value is -3.44. The molecule has 1 saturated heterocycles. The molecule has 0 saturated carbocycles. The monoisotopic (exact) mass is 415 g/mol. The molecule has 0 radical (unpaired) electrons. The van der Waals surface area contributed by atoms with Gasteiger partial charge in [-0.3, -0.25) is 14.5 Å². The zero-order valence-corrected chi connectivity index (χ0v) is 17.2. The van der Waals surface area contributed by atoms with Crippen molar-refractivity contribution in [2.75, 3.05) is 0 Å². The Morgan fingerprint density at radius 1 is 0.645 bits per heavy atom. The number of carbonyl (C=O) groups excluding carboxylic acids is 2. The van der Waals surface area contributed by atoms with Gasteiger partial charge in [-0.1, -0.05) is 91.0 Å². The number of likely N-dealkylation sites (tertiary alicyclic amines) is 1. The topological polar surface area (TPSA) is 55.8 Å². The maximum absolute atomic E-state index is 12.7. The van der Waals surface area contributed by atoms with Gasteiger partial charge in [0.1, 0.15) is 25.3 Å². The third-order valence-corrected chi connectivity index (χ3v) is 5.45. The van der Waals surface area contributed by atoms with Gasteiger partial charge in [0.15, 0.2) is 0 Å². The van der Waals surface area contributed by atoms with E-state index < -0.39 is 12.1 Å². The lowest BCUT2D eigenvalue weighted by atomic mass is 9.91. The minimum absolute atomic E-state index is 0.221. The summed E-state index contributed by atoms with van der Waals surface area (Å²) in [5.41, 5.74) is 2.90. The molecular formula is C26H25NO4. The lowest BCUT2D eigenvalue weighted by molar-refractivity contribution is -0.173. The van der Waals surface area contributed by atoms with E-state index in [9.17, 15) is 9.59 Å². The number of hydrogen-bond acceptors (Lipinski definition) is 5. The zero-order chi connectivity index (χ0) is 21.5. The lowest BCUT2D eigenvalue weighted by Crippen LogP contribution is -2.62. The van der Waals surface area contributed by atoms with Crippen molar-refractivity contribution in [3.8, 4) is 0 Å². The van der Waals surface area contributed by atoms with E-state index in [1.54, 1.807) is 0 Å². The molecular weight excluding hydrogens is 390 g/mol. The predicted molar refractivity (Wildman–Crippen MR) is 117 cm³/mol. The molecule has 1 aliphatic heterocycles. The number of esters is 2. The quantitative estimate of drug-likeness (QED) is 0.518. The Kier molecular flexibility index (Phi) is 6.75. The molecule has 5 nitrogen and oxygen atoms in total. The number of rotatable bonds is 8. The first-order valence-electron chi connectivity index (χ1n) is 10.4. The molecule has 3 aromatic rings. The van der Waals surface area contributed by atoms with Crippen LogP contribution in [-0.4, -0.2) is 28.9 Å². The SMILES string of the molecule is O=C(OCc1ccccc1)[C@H]1C[C@@H](C(=O)OCc2ccccc2)N1Cc1ccccc1. The first-order valence-corrected chi connectivity index (χ1v) is 10.4. The number of carbonyl (C=O) groups is 2. The van der Waals surface area contributed by atoms with E-state index in [1.165, 1.54) is 0 Å². The molecule has 5 heteroatoms. The van der Waals surface area contributed by atoms with Gasteiger partial charge in [-0.2, -0.15) is 0 Å². The van der Waals surface area contributed by atoms with E-state index in [1.807, 2.05) is 95.9 Å². The van der Waals surface area contributed by atoms with Crippen LogP contribution in [0.25, 0.3) is 0 Å². The first-order chi connectivity index (χ1) is 15.2. The van der Waals surface area contributed by atoms with E-state index in [0.717, 1.165) is 16.7 Å². The van der Waals surface area contributed by atoms with Crippen LogP contribution in [0.5, 0.6) is 0 Å². The molecule has 0 N–H and O–H groups in total. The summed E-state index contributed by atoms with van der Waals surface area (Å²) in [6.45, 7) is 0.925. The third kappa shape index (κ3) is 5.38. The van der Waals surface area contributed by atoms with Gasteiger partial charge in [0.25, 0.3) is 0 Å². The smallest absolute Gasteiger partial charge is 0.323 e. The summed E-state index contributed by atoms with van der Waals surface area (Å²) < 4.78 is 11.0. The van der Waals surface area contributed by atoms with Crippen LogP contribution in [0.3, 0.4) is 0 Å². The van der Waals surface area contributed by atoms with Gasteiger partial charge in [-0.15, -0.1) is 0 Å². The predicted octanol–water partition coefficient (Wildman–Crippen LogP) is 4.12. The summed E-state index contributed by atoms with van der Waals surface area (Å²) in [7, 11) is 0. The van der Waals surface area contributed by atoms with Crippen molar-refractivity contribution in [1.29, 1.82) is 0 Å². The van der Waals surface area contributed by atoms with E-state index >= 15 is 0 Å². The van der Waals surface area contributed by atoms with Crippen molar-refractivity contribution in [3.05, 3.63) is 108 Å². The molecule has 0 bridgehead atoms. The standard InChI is InChI=1S/C26H25NO4/c28-25(30-18-21-12-6-2-7-13-21)23-16-24(27(23)17-20-10-4-1-5-11-20)26(29)31-19-22-14-8-3-9-15-22/h1-15,23-24H,16-19H2/t23-,24+. The lowest BCUT2D eigenvalue weighted by Gasteiger charge is -2.45. The van der Waals surface area contributed by atoms with Crippen molar-refractivity contribution in [3.63, 3.8) is 0 Å². The Morgan fingerprint density at radius 2 is 1.03 bits per heavy atom. The van der Waals surface area contributed by atoms with E-state index in [4.69, 9.17) is 9.47 Å². The van der Waals surface area contributed by atoms with E-state index in [0.29, 0.717) is 13.0 Å². The molecule has 1 heterocycles. The van der Waals surface area contributed by atoms with Crippen molar-refractivity contribution in [2.24, 2.45) is 0 Å². The molecule has 1 aliphatic rings. The molecule has 0 amide bonds. The molecule has 31 heavy (non-hydrogen) atoms. The highest BCUT2D eigenvalue weighted by atomic mass is 16.5.